The zero-order valence-corrected chi connectivity index (χ0v) is 9.25. The number of aliphatic imine (C=N–C) groups is 1. The van der Waals surface area contributed by atoms with Crippen molar-refractivity contribution in [2.45, 2.75) is 0 Å². The normalized spacial score (nSPS) is 13.9. The van der Waals surface area contributed by atoms with Crippen LogP contribution in [0.2, 0.25) is 0 Å². The van der Waals surface area contributed by atoms with Crippen LogP contribution in [0.25, 0.3) is 0 Å². The fourth-order valence-electron chi connectivity index (χ4n) is 1.41. The molecule has 0 spiro atoms. The van der Waals surface area contributed by atoms with Gasteiger partial charge in [-0.3, -0.25) is 4.79 Å². The lowest BCUT2D eigenvalue weighted by atomic mass is 10.1. The number of rotatable bonds is 2. The van der Waals surface area contributed by atoms with Crippen molar-refractivity contribution in [1.82, 2.24) is 0 Å². The first-order valence-corrected chi connectivity index (χ1v) is 5.05. The number of ether oxygens (including phenoxy) is 1. The molecule has 4 nitrogen and oxygen atoms in total. The summed E-state index contributed by atoms with van der Waals surface area (Å²) in [5, 5.41) is 9.43. The first-order valence-electron chi connectivity index (χ1n) is 5.05. The summed E-state index contributed by atoms with van der Waals surface area (Å²) < 4.78 is 4.98. The number of carbonyl (C=O) groups is 1. The topological polar surface area (TPSA) is 58.9 Å². The average molecular weight is 229 g/mol. The van der Waals surface area contributed by atoms with Crippen LogP contribution in [-0.2, 0) is 4.79 Å². The minimum Gasteiger partial charge on any atom is -0.504 e. The van der Waals surface area contributed by atoms with Crippen LogP contribution < -0.4 is 4.74 Å². The quantitative estimate of drug-likeness (QED) is 0.790. The highest BCUT2D eigenvalue weighted by atomic mass is 16.5. The summed E-state index contributed by atoms with van der Waals surface area (Å²) >= 11 is 0. The highest BCUT2D eigenvalue weighted by Gasteiger charge is 2.03. The minimum atomic E-state index is -0.0489. The Labute approximate surface area is 98.6 Å². The molecule has 0 unspecified atom stereocenters. The molecule has 1 N–H and O–H groups in total. The van der Waals surface area contributed by atoms with Gasteiger partial charge in [0.05, 0.1) is 18.5 Å². The Hall–Kier alpha value is -2.36. The van der Waals surface area contributed by atoms with E-state index in [1.165, 1.54) is 25.3 Å². The second kappa shape index (κ2) is 4.65. The molecule has 86 valence electrons. The van der Waals surface area contributed by atoms with E-state index in [4.69, 9.17) is 4.74 Å². The standard InChI is InChI=1S/C13H11NO3/c1-17-13-8-10(4-7-12(13)16)14-9-2-5-11(15)6-3-9/h2-8,16H,1H3. The number of ketones is 1. The third-order valence-electron chi connectivity index (χ3n) is 2.26. The lowest BCUT2D eigenvalue weighted by Crippen LogP contribution is -1.98. The van der Waals surface area contributed by atoms with Gasteiger partial charge in [0.1, 0.15) is 0 Å². The van der Waals surface area contributed by atoms with Crippen molar-refractivity contribution in [3.63, 3.8) is 0 Å². The molecule has 1 aromatic rings. The number of carbonyl (C=O) groups excluding carboxylic acids is 1. The molecule has 0 saturated carbocycles. The number of phenolic OH excluding ortho intramolecular Hbond substituents is 1. The first-order chi connectivity index (χ1) is 8.19. The molecule has 2 rings (SSSR count). The van der Waals surface area contributed by atoms with Gasteiger partial charge in [-0.2, -0.15) is 0 Å². The van der Waals surface area contributed by atoms with Crippen LogP contribution in [0, 0.1) is 0 Å². The molecule has 0 aromatic heterocycles. The molecule has 0 fully saturated rings. The molecule has 1 aromatic carbocycles. The number of methoxy groups -OCH3 is 1. The van der Waals surface area contributed by atoms with E-state index in [-0.39, 0.29) is 11.5 Å². The Morgan fingerprint density at radius 1 is 1.18 bits per heavy atom. The molecule has 4 heteroatoms. The number of phenols is 1. The van der Waals surface area contributed by atoms with Gasteiger partial charge in [-0.15, -0.1) is 0 Å². The van der Waals surface area contributed by atoms with Crippen molar-refractivity contribution in [3.8, 4) is 11.5 Å². The van der Waals surface area contributed by atoms with Crippen molar-refractivity contribution in [2.75, 3.05) is 7.11 Å². The lowest BCUT2D eigenvalue weighted by Gasteiger charge is -2.04. The maximum absolute atomic E-state index is 10.9. The van der Waals surface area contributed by atoms with E-state index >= 15 is 0 Å². The van der Waals surface area contributed by atoms with Gasteiger partial charge in [-0.1, -0.05) is 0 Å². The number of hydrogen-bond donors (Lipinski definition) is 1. The van der Waals surface area contributed by atoms with Crippen molar-refractivity contribution in [3.05, 3.63) is 42.5 Å². The fourth-order valence-corrected chi connectivity index (χ4v) is 1.41. The second-order valence-corrected chi connectivity index (χ2v) is 3.46. The Kier molecular flexibility index (Phi) is 3.05. The zero-order chi connectivity index (χ0) is 12.3. The second-order valence-electron chi connectivity index (χ2n) is 3.46. The van der Waals surface area contributed by atoms with Gasteiger partial charge < -0.3 is 9.84 Å². The first kappa shape index (κ1) is 11.1. The zero-order valence-electron chi connectivity index (χ0n) is 9.25. The summed E-state index contributed by atoms with van der Waals surface area (Å²) in [6.45, 7) is 0. The molecular weight excluding hydrogens is 218 g/mol. The highest BCUT2D eigenvalue weighted by molar-refractivity contribution is 6.17. The molecule has 0 radical (unpaired) electrons. The van der Waals surface area contributed by atoms with Crippen LogP contribution >= 0.6 is 0 Å². The molecule has 0 amide bonds. The predicted octanol–water partition coefficient (Wildman–Crippen LogP) is 2.17. The van der Waals surface area contributed by atoms with Crippen molar-refractivity contribution < 1.29 is 14.6 Å². The molecule has 0 saturated heterocycles. The third-order valence-corrected chi connectivity index (χ3v) is 2.26. The van der Waals surface area contributed by atoms with Gasteiger partial charge >= 0.3 is 0 Å². The van der Waals surface area contributed by atoms with Crippen molar-refractivity contribution in [1.29, 1.82) is 0 Å². The van der Waals surface area contributed by atoms with Crippen LogP contribution in [0.1, 0.15) is 0 Å². The van der Waals surface area contributed by atoms with E-state index in [1.54, 1.807) is 24.3 Å². The summed E-state index contributed by atoms with van der Waals surface area (Å²) in [5.74, 6) is 0.389. The van der Waals surface area contributed by atoms with Gasteiger partial charge in [0.2, 0.25) is 0 Å². The average Bonchev–Trinajstić information content (AvgIpc) is 2.34. The van der Waals surface area contributed by atoms with Crippen molar-refractivity contribution >= 4 is 17.2 Å². The van der Waals surface area contributed by atoms with E-state index in [1.807, 2.05) is 0 Å². The third kappa shape index (κ3) is 2.60. The smallest absolute Gasteiger partial charge is 0.178 e. The molecule has 1 aliphatic carbocycles. The minimum absolute atomic E-state index is 0.0489. The van der Waals surface area contributed by atoms with Crippen LogP contribution in [0.5, 0.6) is 11.5 Å². The molecule has 0 aliphatic heterocycles. The highest BCUT2D eigenvalue weighted by Crippen LogP contribution is 2.30. The van der Waals surface area contributed by atoms with Gasteiger partial charge in [-0.05, 0) is 36.4 Å². The number of aromatic hydroxyl groups is 1. The number of nitrogens with zero attached hydrogens (tertiary/aromatic N) is 1. The summed E-state index contributed by atoms with van der Waals surface area (Å²) in [5.41, 5.74) is 1.33. The van der Waals surface area contributed by atoms with E-state index in [2.05, 4.69) is 4.99 Å². The molecule has 17 heavy (non-hydrogen) atoms. The summed E-state index contributed by atoms with van der Waals surface area (Å²) in [7, 11) is 1.48. The molecule has 0 atom stereocenters. The SMILES string of the molecule is COc1cc(N=C2C=CC(=O)C=C2)ccc1O. The summed E-state index contributed by atoms with van der Waals surface area (Å²) in [4.78, 5) is 15.2. The Morgan fingerprint density at radius 3 is 2.53 bits per heavy atom. The Morgan fingerprint density at radius 2 is 1.88 bits per heavy atom. The van der Waals surface area contributed by atoms with E-state index < -0.39 is 0 Å². The van der Waals surface area contributed by atoms with Crippen LogP contribution in [0.4, 0.5) is 5.69 Å². The Balaban J connectivity index is 2.30. The van der Waals surface area contributed by atoms with Crippen LogP contribution in [-0.4, -0.2) is 23.7 Å². The number of benzene rings is 1. The maximum Gasteiger partial charge on any atom is 0.178 e. The van der Waals surface area contributed by atoms with Gasteiger partial charge in [0, 0.05) is 6.07 Å². The van der Waals surface area contributed by atoms with Gasteiger partial charge in [-0.25, -0.2) is 4.99 Å². The molecule has 1 aliphatic rings. The Bertz CT molecular complexity index is 524. The van der Waals surface area contributed by atoms with Gasteiger partial charge in [0.15, 0.2) is 17.3 Å². The van der Waals surface area contributed by atoms with E-state index in [0.29, 0.717) is 17.1 Å². The monoisotopic (exact) mass is 229 g/mol. The van der Waals surface area contributed by atoms with Crippen molar-refractivity contribution in [2.24, 2.45) is 4.99 Å². The molecule has 0 bridgehead atoms. The number of allylic oxidation sites excluding steroid dienone is 4. The van der Waals surface area contributed by atoms with E-state index in [9.17, 15) is 9.90 Å². The maximum atomic E-state index is 10.9. The van der Waals surface area contributed by atoms with Crippen LogP contribution in [0.15, 0.2) is 47.5 Å². The number of hydrogen-bond acceptors (Lipinski definition) is 4. The lowest BCUT2D eigenvalue weighted by molar-refractivity contribution is -0.110. The summed E-state index contributed by atoms with van der Waals surface area (Å²) in [6.07, 6.45) is 6.19. The predicted molar refractivity (Wildman–Crippen MR) is 65.0 cm³/mol. The van der Waals surface area contributed by atoms with E-state index in [0.717, 1.165) is 0 Å². The van der Waals surface area contributed by atoms with Crippen LogP contribution in [0.3, 0.4) is 0 Å². The van der Waals surface area contributed by atoms with Gasteiger partial charge in [0.25, 0.3) is 0 Å². The summed E-state index contributed by atoms with van der Waals surface area (Å²) in [6, 6.07) is 4.81. The molecule has 0 heterocycles. The fraction of sp³-hybridized carbons (Fsp3) is 0.0769. The largest absolute Gasteiger partial charge is 0.504 e. The molecular formula is C13H11NO3.